The van der Waals surface area contributed by atoms with E-state index >= 15 is 0 Å². The molecule has 1 heterocycles. The number of carbonyl (C=O) groups is 2. The van der Waals surface area contributed by atoms with Gasteiger partial charge in [-0.1, -0.05) is 6.07 Å². The molecule has 2 aromatic rings. The van der Waals surface area contributed by atoms with Crippen LogP contribution in [0.5, 0.6) is 5.75 Å². The van der Waals surface area contributed by atoms with Crippen molar-refractivity contribution in [2.45, 2.75) is 24.2 Å². The van der Waals surface area contributed by atoms with Crippen LogP contribution in [-0.4, -0.2) is 52.3 Å². The Morgan fingerprint density at radius 1 is 1.20 bits per heavy atom. The fourth-order valence-corrected chi connectivity index (χ4v) is 4.63. The SMILES string of the molecule is COc1cccc(NC(=O)CN(C)S(=O)(=O)c2ccc3c(c2)C(C)(C)C(=O)N3C)c1. The Morgan fingerprint density at radius 2 is 1.90 bits per heavy atom. The van der Waals surface area contributed by atoms with Crippen LogP contribution in [0, 0.1) is 0 Å². The molecule has 0 bridgehead atoms. The molecule has 9 heteroatoms. The number of likely N-dealkylation sites (N-methyl/N-ethyl adjacent to an activating group) is 2. The second-order valence-corrected chi connectivity index (χ2v) is 9.75. The monoisotopic (exact) mass is 431 g/mol. The number of hydrogen-bond acceptors (Lipinski definition) is 5. The highest BCUT2D eigenvalue weighted by molar-refractivity contribution is 7.89. The normalized spacial score (nSPS) is 15.3. The number of hydrogen-bond donors (Lipinski definition) is 1. The number of methoxy groups -OCH3 is 1. The summed E-state index contributed by atoms with van der Waals surface area (Å²) in [5, 5.41) is 2.66. The minimum Gasteiger partial charge on any atom is -0.497 e. The standard InChI is InChI=1S/C21H25N3O5S/c1-21(2)17-12-16(9-10-18(17)24(4)20(21)26)30(27,28)23(3)13-19(25)22-14-7-6-8-15(11-14)29-5/h6-12H,13H2,1-5H3,(H,22,25). The number of ether oxygens (including phenoxy) is 1. The number of benzene rings is 2. The van der Waals surface area contributed by atoms with Gasteiger partial charge in [0.15, 0.2) is 0 Å². The van der Waals surface area contributed by atoms with Gasteiger partial charge in [0.1, 0.15) is 5.75 Å². The molecule has 0 fully saturated rings. The van der Waals surface area contributed by atoms with Crippen LogP contribution in [0.25, 0.3) is 0 Å². The predicted molar refractivity (Wildman–Crippen MR) is 114 cm³/mol. The molecular weight excluding hydrogens is 406 g/mol. The first-order valence-electron chi connectivity index (χ1n) is 9.31. The molecule has 0 radical (unpaired) electrons. The minimum atomic E-state index is -3.93. The number of fused-ring (bicyclic) bond motifs is 1. The van der Waals surface area contributed by atoms with Crippen molar-refractivity contribution < 1.29 is 22.7 Å². The predicted octanol–water partition coefficient (Wildman–Crippen LogP) is 2.21. The van der Waals surface area contributed by atoms with Crippen LogP contribution >= 0.6 is 0 Å². The van der Waals surface area contributed by atoms with E-state index in [1.54, 1.807) is 51.2 Å². The van der Waals surface area contributed by atoms with Crippen LogP contribution in [0.1, 0.15) is 19.4 Å². The van der Waals surface area contributed by atoms with Gasteiger partial charge in [0.25, 0.3) is 0 Å². The molecule has 1 aliphatic rings. The van der Waals surface area contributed by atoms with Crippen LogP contribution < -0.4 is 15.0 Å². The molecule has 2 aromatic carbocycles. The Hall–Kier alpha value is -2.91. The van der Waals surface area contributed by atoms with Gasteiger partial charge >= 0.3 is 0 Å². The summed E-state index contributed by atoms with van der Waals surface area (Å²) in [6.45, 7) is 3.16. The van der Waals surface area contributed by atoms with Crippen molar-refractivity contribution in [1.82, 2.24) is 4.31 Å². The first-order chi connectivity index (χ1) is 14.0. The van der Waals surface area contributed by atoms with Crippen molar-refractivity contribution in [2.24, 2.45) is 0 Å². The summed E-state index contributed by atoms with van der Waals surface area (Å²) in [6.07, 6.45) is 0. The number of anilines is 2. The van der Waals surface area contributed by atoms with Crippen molar-refractivity contribution >= 4 is 33.2 Å². The second kappa shape index (κ2) is 7.73. The molecule has 160 valence electrons. The zero-order chi connectivity index (χ0) is 22.3. The molecule has 0 saturated heterocycles. The van der Waals surface area contributed by atoms with Gasteiger partial charge in [-0.3, -0.25) is 9.59 Å². The van der Waals surface area contributed by atoms with E-state index in [-0.39, 0.29) is 17.3 Å². The molecule has 1 N–H and O–H groups in total. The lowest BCUT2D eigenvalue weighted by molar-refractivity contribution is -0.121. The number of rotatable bonds is 6. The summed E-state index contributed by atoms with van der Waals surface area (Å²) in [4.78, 5) is 26.4. The molecule has 3 rings (SSSR count). The molecule has 0 atom stereocenters. The van der Waals surface area contributed by atoms with Gasteiger partial charge in [-0.25, -0.2) is 8.42 Å². The zero-order valence-electron chi connectivity index (χ0n) is 17.6. The molecule has 8 nitrogen and oxygen atoms in total. The van der Waals surface area contributed by atoms with Crippen LogP contribution in [0.4, 0.5) is 11.4 Å². The quantitative estimate of drug-likeness (QED) is 0.757. The Kier molecular flexibility index (Phi) is 5.62. The Labute approximate surface area is 176 Å². The highest BCUT2D eigenvalue weighted by Crippen LogP contribution is 2.41. The first-order valence-corrected chi connectivity index (χ1v) is 10.8. The smallest absolute Gasteiger partial charge is 0.243 e. The van der Waals surface area contributed by atoms with E-state index < -0.39 is 21.3 Å². The zero-order valence-corrected chi connectivity index (χ0v) is 18.4. The molecule has 0 spiro atoms. The largest absolute Gasteiger partial charge is 0.497 e. The average Bonchev–Trinajstić information content (AvgIpc) is 2.88. The lowest BCUT2D eigenvalue weighted by Crippen LogP contribution is -2.35. The fraction of sp³-hybridized carbons (Fsp3) is 0.333. The second-order valence-electron chi connectivity index (χ2n) is 7.71. The third-order valence-corrected chi connectivity index (χ3v) is 7.07. The number of amides is 2. The Morgan fingerprint density at radius 3 is 2.57 bits per heavy atom. The maximum Gasteiger partial charge on any atom is 0.243 e. The van der Waals surface area contributed by atoms with Crippen LogP contribution in [0.3, 0.4) is 0 Å². The number of nitrogens with one attached hydrogen (secondary N) is 1. The maximum absolute atomic E-state index is 13.0. The number of carbonyl (C=O) groups excluding carboxylic acids is 2. The van der Waals surface area contributed by atoms with Crippen molar-refractivity contribution in [1.29, 1.82) is 0 Å². The van der Waals surface area contributed by atoms with E-state index in [1.807, 2.05) is 0 Å². The minimum absolute atomic E-state index is 0.0362. The van der Waals surface area contributed by atoms with E-state index in [0.717, 1.165) is 4.31 Å². The van der Waals surface area contributed by atoms with Crippen molar-refractivity contribution in [2.75, 3.05) is 38.0 Å². The van der Waals surface area contributed by atoms with Gasteiger partial charge in [0.05, 0.1) is 24.0 Å². The molecule has 0 saturated carbocycles. The third-order valence-electron chi connectivity index (χ3n) is 5.27. The summed E-state index contributed by atoms with van der Waals surface area (Å²) < 4.78 is 32.1. The number of nitrogens with zero attached hydrogens (tertiary/aromatic N) is 2. The lowest BCUT2D eigenvalue weighted by atomic mass is 9.86. The number of sulfonamides is 1. The summed E-state index contributed by atoms with van der Waals surface area (Å²) in [6, 6.07) is 11.4. The summed E-state index contributed by atoms with van der Waals surface area (Å²) in [5.74, 6) is -0.00199. The van der Waals surface area contributed by atoms with E-state index in [1.165, 1.54) is 31.2 Å². The van der Waals surface area contributed by atoms with Gasteiger partial charge in [-0.15, -0.1) is 0 Å². The fourth-order valence-electron chi connectivity index (χ4n) is 3.48. The Balaban J connectivity index is 1.79. The maximum atomic E-state index is 13.0. The van der Waals surface area contributed by atoms with Gasteiger partial charge < -0.3 is 15.0 Å². The van der Waals surface area contributed by atoms with Gasteiger partial charge in [0, 0.05) is 31.5 Å². The van der Waals surface area contributed by atoms with Crippen LogP contribution in [0.15, 0.2) is 47.4 Å². The third kappa shape index (κ3) is 3.78. The highest BCUT2D eigenvalue weighted by Gasteiger charge is 2.43. The van der Waals surface area contributed by atoms with Crippen molar-refractivity contribution in [3.8, 4) is 5.75 Å². The van der Waals surface area contributed by atoms with Gasteiger partial charge in [0.2, 0.25) is 21.8 Å². The molecule has 0 aliphatic carbocycles. The van der Waals surface area contributed by atoms with Gasteiger partial charge in [-0.2, -0.15) is 4.31 Å². The van der Waals surface area contributed by atoms with Crippen molar-refractivity contribution in [3.63, 3.8) is 0 Å². The molecule has 0 unspecified atom stereocenters. The topological polar surface area (TPSA) is 96.0 Å². The van der Waals surface area contributed by atoms with Crippen LogP contribution in [-0.2, 0) is 25.0 Å². The van der Waals surface area contributed by atoms with Gasteiger partial charge in [-0.05, 0) is 49.7 Å². The molecule has 0 aromatic heterocycles. The van der Waals surface area contributed by atoms with E-state index in [2.05, 4.69) is 5.32 Å². The van der Waals surface area contributed by atoms with Crippen molar-refractivity contribution in [3.05, 3.63) is 48.0 Å². The molecule has 30 heavy (non-hydrogen) atoms. The molecule has 1 aliphatic heterocycles. The van der Waals surface area contributed by atoms with E-state index in [0.29, 0.717) is 22.7 Å². The molecule has 2 amide bonds. The summed E-state index contributed by atoms with van der Waals surface area (Å²) in [5.41, 5.74) is 1.01. The first kappa shape index (κ1) is 21.8. The summed E-state index contributed by atoms with van der Waals surface area (Å²) >= 11 is 0. The van der Waals surface area contributed by atoms with E-state index in [4.69, 9.17) is 4.74 Å². The van der Waals surface area contributed by atoms with E-state index in [9.17, 15) is 18.0 Å². The highest BCUT2D eigenvalue weighted by atomic mass is 32.2. The molecular formula is C21H25N3O5S. The van der Waals surface area contributed by atoms with Crippen LogP contribution in [0.2, 0.25) is 0 Å². The summed E-state index contributed by atoms with van der Waals surface area (Å²) in [7, 11) is 0.600. The average molecular weight is 432 g/mol. The lowest BCUT2D eigenvalue weighted by Gasteiger charge is -2.19. The Bertz CT molecular complexity index is 1110.